The molecule has 0 aliphatic rings. The van der Waals surface area contributed by atoms with E-state index in [4.69, 9.17) is 4.42 Å². The molecule has 0 radical (unpaired) electrons. The van der Waals surface area contributed by atoms with Gasteiger partial charge >= 0.3 is 6.01 Å². The van der Waals surface area contributed by atoms with Crippen molar-refractivity contribution in [1.82, 2.24) is 15.5 Å². The summed E-state index contributed by atoms with van der Waals surface area (Å²) >= 11 is 0. The molecule has 5 heteroatoms. The summed E-state index contributed by atoms with van der Waals surface area (Å²) < 4.78 is 5.52. The summed E-state index contributed by atoms with van der Waals surface area (Å²) in [6.07, 6.45) is 2.18. The van der Waals surface area contributed by atoms with Crippen molar-refractivity contribution in [3.63, 3.8) is 0 Å². The van der Waals surface area contributed by atoms with Crippen LogP contribution >= 0.6 is 0 Å². The van der Waals surface area contributed by atoms with Crippen LogP contribution in [0.3, 0.4) is 0 Å². The zero-order chi connectivity index (χ0) is 12.2. The van der Waals surface area contributed by atoms with E-state index in [0.717, 1.165) is 12.8 Å². The van der Waals surface area contributed by atoms with Crippen molar-refractivity contribution < 1.29 is 4.42 Å². The highest BCUT2D eigenvalue weighted by Crippen LogP contribution is 2.20. The molecule has 0 fully saturated rings. The highest BCUT2D eigenvalue weighted by Gasteiger charge is 2.20. The van der Waals surface area contributed by atoms with E-state index in [1.165, 1.54) is 0 Å². The van der Waals surface area contributed by atoms with Gasteiger partial charge in [0.25, 0.3) is 0 Å². The molecule has 1 atom stereocenters. The van der Waals surface area contributed by atoms with Crippen molar-refractivity contribution in [1.29, 1.82) is 0 Å². The lowest BCUT2D eigenvalue weighted by Gasteiger charge is -2.24. The van der Waals surface area contributed by atoms with Gasteiger partial charge in [0, 0.05) is 5.54 Å². The van der Waals surface area contributed by atoms with E-state index < -0.39 is 0 Å². The normalized spacial score (nSPS) is 13.8. The molecule has 1 rings (SSSR count). The summed E-state index contributed by atoms with van der Waals surface area (Å²) in [5.41, 5.74) is -0.0125. The Bertz CT molecular complexity index is 322. The van der Waals surface area contributed by atoms with Crippen molar-refractivity contribution in [2.45, 2.75) is 52.1 Å². The first-order valence-electron chi connectivity index (χ1n) is 5.77. The topological polar surface area (TPSA) is 63.0 Å². The Balaban J connectivity index is 2.65. The first kappa shape index (κ1) is 13.0. The number of rotatable bonds is 6. The third kappa shape index (κ3) is 3.48. The van der Waals surface area contributed by atoms with E-state index >= 15 is 0 Å². The van der Waals surface area contributed by atoms with Crippen LogP contribution < -0.4 is 10.6 Å². The molecule has 92 valence electrons. The van der Waals surface area contributed by atoms with Gasteiger partial charge in [-0.05, 0) is 34.2 Å². The molecular weight excluding hydrogens is 204 g/mol. The molecule has 2 N–H and O–H groups in total. The fraction of sp³-hybridized carbons (Fsp3) is 0.818. The molecule has 1 aromatic heterocycles. The molecule has 0 spiro atoms. The monoisotopic (exact) mass is 226 g/mol. The molecule has 1 heterocycles. The van der Waals surface area contributed by atoms with Gasteiger partial charge in [0.05, 0.1) is 6.04 Å². The molecule has 0 aliphatic carbocycles. The van der Waals surface area contributed by atoms with E-state index in [2.05, 4.69) is 41.6 Å². The molecule has 5 nitrogen and oxygen atoms in total. The van der Waals surface area contributed by atoms with Crippen LogP contribution in [0.15, 0.2) is 4.42 Å². The minimum absolute atomic E-state index is 0.0125. The molecule has 0 amide bonds. The summed E-state index contributed by atoms with van der Waals surface area (Å²) in [5, 5.41) is 14.3. The van der Waals surface area contributed by atoms with Crippen LogP contribution in [0.2, 0.25) is 0 Å². The molecule has 0 bridgehead atoms. The van der Waals surface area contributed by atoms with Crippen molar-refractivity contribution in [3.8, 4) is 0 Å². The van der Waals surface area contributed by atoms with Gasteiger partial charge in [0.1, 0.15) is 0 Å². The van der Waals surface area contributed by atoms with Crippen LogP contribution in [0.25, 0.3) is 0 Å². The number of nitrogens with zero attached hydrogens (tertiary/aromatic N) is 2. The summed E-state index contributed by atoms with van der Waals surface area (Å²) in [5.74, 6) is 0.609. The first-order valence-corrected chi connectivity index (χ1v) is 5.77. The van der Waals surface area contributed by atoms with Gasteiger partial charge in [-0.15, -0.1) is 5.10 Å². The van der Waals surface area contributed by atoms with Crippen LogP contribution in [0.5, 0.6) is 0 Å². The second-order valence-corrected chi connectivity index (χ2v) is 4.71. The zero-order valence-electron chi connectivity index (χ0n) is 10.8. The Morgan fingerprint density at radius 2 is 2.06 bits per heavy atom. The Labute approximate surface area is 97.0 Å². The second kappa shape index (κ2) is 5.30. The minimum atomic E-state index is -0.0125. The van der Waals surface area contributed by atoms with Gasteiger partial charge in [-0.3, -0.25) is 0 Å². The molecule has 1 unspecified atom stereocenters. The second-order valence-electron chi connectivity index (χ2n) is 4.71. The Morgan fingerprint density at radius 3 is 2.62 bits per heavy atom. The van der Waals surface area contributed by atoms with Crippen LogP contribution in [-0.2, 0) is 0 Å². The fourth-order valence-electron chi connectivity index (χ4n) is 1.56. The lowest BCUT2D eigenvalue weighted by molar-refractivity contribution is 0.423. The Morgan fingerprint density at radius 1 is 1.38 bits per heavy atom. The molecule has 16 heavy (non-hydrogen) atoms. The molecule has 1 aromatic rings. The summed E-state index contributed by atoms with van der Waals surface area (Å²) in [6.45, 7) is 8.39. The van der Waals surface area contributed by atoms with Crippen LogP contribution in [-0.4, -0.2) is 22.8 Å². The van der Waals surface area contributed by atoms with E-state index in [1.54, 1.807) is 0 Å². The zero-order valence-corrected chi connectivity index (χ0v) is 10.8. The minimum Gasteiger partial charge on any atom is -0.406 e. The number of anilines is 1. The summed E-state index contributed by atoms with van der Waals surface area (Å²) in [6, 6.07) is 0.577. The number of nitrogens with one attached hydrogen (secondary N) is 2. The summed E-state index contributed by atoms with van der Waals surface area (Å²) in [7, 11) is 1.86. The van der Waals surface area contributed by atoms with Crippen molar-refractivity contribution in [2.75, 3.05) is 12.4 Å². The number of hydrogen-bond acceptors (Lipinski definition) is 5. The Kier molecular flexibility index (Phi) is 4.29. The number of hydrogen-bond donors (Lipinski definition) is 2. The quantitative estimate of drug-likeness (QED) is 0.779. The highest BCUT2D eigenvalue weighted by molar-refractivity contribution is 5.22. The average molecular weight is 226 g/mol. The van der Waals surface area contributed by atoms with Crippen molar-refractivity contribution >= 4 is 6.01 Å². The molecule has 0 aromatic carbocycles. The predicted molar refractivity (Wildman–Crippen MR) is 64.4 cm³/mol. The predicted octanol–water partition coefficient (Wildman–Crippen LogP) is 2.34. The van der Waals surface area contributed by atoms with E-state index in [-0.39, 0.29) is 11.6 Å². The maximum atomic E-state index is 5.52. The van der Waals surface area contributed by atoms with Gasteiger partial charge in [-0.2, -0.15) is 0 Å². The van der Waals surface area contributed by atoms with Gasteiger partial charge in [-0.25, -0.2) is 0 Å². The van der Waals surface area contributed by atoms with E-state index in [0.29, 0.717) is 11.9 Å². The molecule has 0 saturated heterocycles. The van der Waals surface area contributed by atoms with Crippen LogP contribution in [0, 0.1) is 0 Å². The van der Waals surface area contributed by atoms with E-state index in [9.17, 15) is 0 Å². The van der Waals surface area contributed by atoms with Crippen molar-refractivity contribution in [3.05, 3.63) is 5.89 Å². The van der Waals surface area contributed by atoms with Crippen LogP contribution in [0.1, 0.15) is 52.5 Å². The largest absolute Gasteiger partial charge is 0.406 e. The third-order valence-corrected chi connectivity index (χ3v) is 2.56. The maximum absolute atomic E-state index is 5.52. The number of aromatic nitrogens is 2. The molecule has 0 aliphatic heterocycles. The highest BCUT2D eigenvalue weighted by atomic mass is 16.4. The van der Waals surface area contributed by atoms with Gasteiger partial charge in [0.2, 0.25) is 5.89 Å². The molecule has 0 saturated carbocycles. The van der Waals surface area contributed by atoms with Gasteiger partial charge < -0.3 is 15.1 Å². The van der Waals surface area contributed by atoms with Crippen molar-refractivity contribution in [2.24, 2.45) is 0 Å². The fourth-order valence-corrected chi connectivity index (χ4v) is 1.56. The third-order valence-electron chi connectivity index (χ3n) is 2.56. The lowest BCUT2D eigenvalue weighted by Crippen LogP contribution is -2.30. The Hall–Kier alpha value is -1.10. The van der Waals surface area contributed by atoms with Crippen LogP contribution in [0.4, 0.5) is 6.01 Å². The average Bonchev–Trinajstić information content (AvgIpc) is 2.64. The molecular formula is C11H22N4O. The van der Waals surface area contributed by atoms with Gasteiger partial charge in [0.15, 0.2) is 0 Å². The first-order chi connectivity index (χ1) is 7.48. The maximum Gasteiger partial charge on any atom is 0.315 e. The lowest BCUT2D eigenvalue weighted by atomic mass is 9.99. The standard InChI is InChI=1S/C11H22N4O/c1-6-7-11(3,4)13-10-15-14-9(16-10)8(2)12-5/h8,12H,6-7H2,1-5H3,(H,13,15). The van der Waals surface area contributed by atoms with Gasteiger partial charge in [-0.1, -0.05) is 18.4 Å². The smallest absolute Gasteiger partial charge is 0.315 e. The summed E-state index contributed by atoms with van der Waals surface area (Å²) in [4.78, 5) is 0. The van der Waals surface area contributed by atoms with E-state index in [1.807, 2.05) is 14.0 Å². The SMILES string of the molecule is CCCC(C)(C)Nc1nnc(C(C)NC)o1.